The van der Waals surface area contributed by atoms with Crippen molar-refractivity contribution in [1.82, 2.24) is 15.0 Å². The maximum absolute atomic E-state index is 5.25. The van der Waals surface area contributed by atoms with Crippen LogP contribution >= 0.6 is 27.3 Å². The lowest BCUT2D eigenvalue weighted by Gasteiger charge is -2.07. The Bertz CT molecular complexity index is 474. The van der Waals surface area contributed by atoms with E-state index in [2.05, 4.69) is 41.6 Å². The molecule has 2 aromatic heterocycles. The van der Waals surface area contributed by atoms with Gasteiger partial charge in [0.2, 0.25) is 5.95 Å². The molecule has 0 aliphatic rings. The predicted molar refractivity (Wildman–Crippen MR) is 71.8 cm³/mol. The molecule has 0 radical (unpaired) electrons. The lowest BCUT2D eigenvalue weighted by Crippen LogP contribution is -2.13. The molecule has 0 saturated carbocycles. The topological polar surface area (TPSA) is 88.8 Å². The summed E-state index contributed by atoms with van der Waals surface area (Å²) in [6, 6.07) is 0. The minimum Gasteiger partial charge on any atom is -0.369 e. The van der Waals surface area contributed by atoms with Gasteiger partial charge in [-0.05, 0) is 15.9 Å². The van der Waals surface area contributed by atoms with Crippen LogP contribution in [0.3, 0.4) is 0 Å². The van der Waals surface area contributed by atoms with Crippen molar-refractivity contribution in [3.05, 3.63) is 27.3 Å². The highest BCUT2D eigenvalue weighted by atomic mass is 79.9. The molecule has 90 valence electrons. The molecule has 2 aromatic rings. The van der Waals surface area contributed by atoms with Gasteiger partial charge in [-0.15, -0.1) is 11.3 Å². The molecule has 0 spiro atoms. The van der Waals surface area contributed by atoms with Crippen LogP contribution in [0.1, 0.15) is 5.69 Å². The summed E-state index contributed by atoms with van der Waals surface area (Å²) in [7, 11) is 0. The Balaban J connectivity index is 1.94. The Hall–Kier alpha value is -1.25. The number of nitrogens with zero attached hydrogens (tertiary/aromatic N) is 3. The van der Waals surface area contributed by atoms with E-state index in [1.807, 2.05) is 10.9 Å². The van der Waals surface area contributed by atoms with E-state index in [0.29, 0.717) is 11.8 Å². The molecule has 0 fully saturated rings. The van der Waals surface area contributed by atoms with E-state index >= 15 is 0 Å². The second kappa shape index (κ2) is 5.89. The molecule has 17 heavy (non-hydrogen) atoms. The number of thiazole rings is 1. The zero-order chi connectivity index (χ0) is 12.1. The summed E-state index contributed by atoms with van der Waals surface area (Å²) in [5.41, 5.74) is 5.30. The van der Waals surface area contributed by atoms with Crippen molar-refractivity contribution in [3.8, 4) is 0 Å². The maximum atomic E-state index is 5.25. The molecule has 0 atom stereocenters. The molecule has 0 saturated heterocycles. The van der Waals surface area contributed by atoms with Crippen LogP contribution in [0.4, 0.5) is 11.8 Å². The van der Waals surface area contributed by atoms with Crippen LogP contribution in [-0.4, -0.2) is 21.5 Å². The number of hydrazine groups is 1. The molecule has 0 aliphatic carbocycles. The molecule has 0 aliphatic heterocycles. The van der Waals surface area contributed by atoms with Crippen LogP contribution in [0.5, 0.6) is 0 Å². The summed E-state index contributed by atoms with van der Waals surface area (Å²) in [5, 5.41) is 5.23. The third-order valence-corrected chi connectivity index (χ3v) is 3.25. The van der Waals surface area contributed by atoms with Gasteiger partial charge in [0.1, 0.15) is 5.82 Å². The standard InChI is InChI=1S/C9H11BrN6S/c10-7-3-13-9(16-11)15-8(7)12-2-1-6-4-17-5-14-6/h3-5H,1-2,11H2,(H2,12,13,15,16). The summed E-state index contributed by atoms with van der Waals surface area (Å²) in [5.74, 6) is 6.34. The largest absolute Gasteiger partial charge is 0.369 e. The second-order valence-electron chi connectivity index (χ2n) is 3.19. The molecule has 0 amide bonds. The summed E-state index contributed by atoms with van der Waals surface area (Å²) >= 11 is 4.96. The summed E-state index contributed by atoms with van der Waals surface area (Å²) in [6.45, 7) is 0.753. The predicted octanol–water partition coefficient (Wildman–Crippen LogP) is 1.64. The number of aromatic nitrogens is 3. The van der Waals surface area contributed by atoms with Crippen molar-refractivity contribution in [2.75, 3.05) is 17.3 Å². The first-order valence-corrected chi connectivity index (χ1v) is 6.63. The molecule has 0 aromatic carbocycles. The normalized spacial score (nSPS) is 10.2. The summed E-state index contributed by atoms with van der Waals surface area (Å²) in [6.07, 6.45) is 2.50. The third-order valence-electron chi connectivity index (χ3n) is 2.03. The third kappa shape index (κ3) is 3.35. The van der Waals surface area contributed by atoms with Crippen molar-refractivity contribution in [3.63, 3.8) is 0 Å². The molecule has 6 nitrogen and oxygen atoms in total. The number of rotatable bonds is 5. The first kappa shape index (κ1) is 12.2. The monoisotopic (exact) mass is 314 g/mol. The van der Waals surface area contributed by atoms with Gasteiger partial charge in [-0.25, -0.2) is 15.8 Å². The molecular formula is C9H11BrN6S. The molecule has 8 heteroatoms. The van der Waals surface area contributed by atoms with E-state index in [4.69, 9.17) is 5.84 Å². The highest BCUT2D eigenvalue weighted by Crippen LogP contribution is 2.19. The maximum Gasteiger partial charge on any atom is 0.239 e. The lowest BCUT2D eigenvalue weighted by molar-refractivity contribution is 0.961. The van der Waals surface area contributed by atoms with E-state index in [1.165, 1.54) is 0 Å². The van der Waals surface area contributed by atoms with Gasteiger partial charge < -0.3 is 5.32 Å². The van der Waals surface area contributed by atoms with Crippen molar-refractivity contribution in [1.29, 1.82) is 0 Å². The number of nitrogens with two attached hydrogens (primary N) is 1. The van der Waals surface area contributed by atoms with E-state index in [1.54, 1.807) is 17.5 Å². The average Bonchev–Trinajstić information content (AvgIpc) is 2.84. The van der Waals surface area contributed by atoms with Crippen LogP contribution in [0.15, 0.2) is 21.6 Å². The molecule has 0 bridgehead atoms. The number of hydrogen-bond donors (Lipinski definition) is 3. The smallest absolute Gasteiger partial charge is 0.239 e. The van der Waals surface area contributed by atoms with Crippen molar-refractivity contribution in [2.24, 2.45) is 5.84 Å². The van der Waals surface area contributed by atoms with Crippen molar-refractivity contribution in [2.45, 2.75) is 6.42 Å². The van der Waals surface area contributed by atoms with Gasteiger partial charge in [-0.3, -0.25) is 5.43 Å². The van der Waals surface area contributed by atoms with Crippen LogP contribution in [0.2, 0.25) is 0 Å². The van der Waals surface area contributed by atoms with Gasteiger partial charge in [-0.1, -0.05) is 0 Å². The van der Waals surface area contributed by atoms with Gasteiger partial charge in [0, 0.05) is 24.5 Å². The minimum atomic E-state index is 0.379. The van der Waals surface area contributed by atoms with Crippen LogP contribution < -0.4 is 16.6 Å². The summed E-state index contributed by atoms with van der Waals surface area (Å²) in [4.78, 5) is 12.4. The number of hydrogen-bond acceptors (Lipinski definition) is 7. The van der Waals surface area contributed by atoms with Gasteiger partial charge >= 0.3 is 0 Å². The number of nitrogen functional groups attached to an aromatic ring is 1. The highest BCUT2D eigenvalue weighted by Gasteiger charge is 2.04. The fourth-order valence-corrected chi connectivity index (χ4v) is 2.15. The zero-order valence-corrected chi connectivity index (χ0v) is 11.3. The SMILES string of the molecule is NNc1ncc(Br)c(NCCc2cscn2)n1. The van der Waals surface area contributed by atoms with Gasteiger partial charge in [-0.2, -0.15) is 4.98 Å². The van der Waals surface area contributed by atoms with E-state index in [-0.39, 0.29) is 0 Å². The van der Waals surface area contributed by atoms with Crippen LogP contribution in [0, 0.1) is 0 Å². The first-order valence-electron chi connectivity index (χ1n) is 4.89. The number of nitrogens with one attached hydrogen (secondary N) is 2. The average molecular weight is 315 g/mol. The molecule has 2 heterocycles. The fourth-order valence-electron chi connectivity index (χ4n) is 1.23. The fraction of sp³-hybridized carbons (Fsp3) is 0.222. The Morgan fingerprint density at radius 2 is 2.29 bits per heavy atom. The molecule has 4 N–H and O–H groups in total. The highest BCUT2D eigenvalue weighted by molar-refractivity contribution is 9.10. The second-order valence-corrected chi connectivity index (χ2v) is 4.76. The Morgan fingerprint density at radius 1 is 1.41 bits per heavy atom. The van der Waals surface area contributed by atoms with E-state index in [0.717, 1.165) is 23.1 Å². The number of anilines is 2. The van der Waals surface area contributed by atoms with Gasteiger partial charge in [0.25, 0.3) is 0 Å². The number of halogens is 1. The minimum absolute atomic E-state index is 0.379. The van der Waals surface area contributed by atoms with E-state index < -0.39 is 0 Å². The Morgan fingerprint density at radius 3 is 3.00 bits per heavy atom. The molecule has 2 rings (SSSR count). The molecular weight excluding hydrogens is 304 g/mol. The lowest BCUT2D eigenvalue weighted by atomic mass is 10.3. The van der Waals surface area contributed by atoms with Gasteiger partial charge in [0.05, 0.1) is 15.7 Å². The Kier molecular flexibility index (Phi) is 4.24. The summed E-state index contributed by atoms with van der Waals surface area (Å²) < 4.78 is 0.801. The van der Waals surface area contributed by atoms with Crippen molar-refractivity contribution < 1.29 is 0 Å². The molecule has 0 unspecified atom stereocenters. The van der Waals surface area contributed by atoms with E-state index in [9.17, 15) is 0 Å². The quantitative estimate of drug-likeness (QED) is 0.574. The van der Waals surface area contributed by atoms with Crippen molar-refractivity contribution >= 4 is 39.0 Å². The van der Waals surface area contributed by atoms with Crippen LogP contribution in [-0.2, 0) is 6.42 Å². The van der Waals surface area contributed by atoms with Gasteiger partial charge in [0.15, 0.2) is 0 Å². The van der Waals surface area contributed by atoms with Crippen LogP contribution in [0.25, 0.3) is 0 Å². The zero-order valence-electron chi connectivity index (χ0n) is 8.85. The first-order chi connectivity index (χ1) is 8.29. The Labute approximate surface area is 111 Å².